The highest BCUT2D eigenvalue weighted by Crippen LogP contribution is 2.22. The lowest BCUT2D eigenvalue weighted by Crippen LogP contribution is -2.05. The molecule has 0 heterocycles. The average Bonchev–Trinajstić information content (AvgIpc) is 2.38. The Bertz CT molecular complexity index is 596. The Labute approximate surface area is 109 Å². The van der Waals surface area contributed by atoms with Crippen molar-refractivity contribution in [1.82, 2.24) is 0 Å². The Morgan fingerprint density at radius 2 is 1.79 bits per heavy atom. The van der Waals surface area contributed by atoms with Crippen LogP contribution in [0.2, 0.25) is 0 Å². The average molecular weight is 266 g/mol. The Kier molecular flexibility index (Phi) is 3.90. The Morgan fingerprint density at radius 1 is 1.05 bits per heavy atom. The summed E-state index contributed by atoms with van der Waals surface area (Å²) < 4.78 is 39.9. The molecule has 0 amide bonds. The predicted molar refractivity (Wildman–Crippen MR) is 66.2 cm³/mol. The fourth-order valence-electron chi connectivity index (χ4n) is 1.85. The molecule has 0 aliphatic rings. The highest BCUT2D eigenvalue weighted by molar-refractivity contribution is 5.27. The number of rotatable bonds is 3. The van der Waals surface area contributed by atoms with Crippen LogP contribution in [0.3, 0.4) is 0 Å². The summed E-state index contributed by atoms with van der Waals surface area (Å²) >= 11 is 0. The van der Waals surface area contributed by atoms with E-state index in [-0.39, 0.29) is 12.0 Å². The number of hydrogen-bond acceptors (Lipinski definition) is 1. The van der Waals surface area contributed by atoms with Gasteiger partial charge in [0.15, 0.2) is 11.6 Å². The molecule has 0 saturated heterocycles. The van der Waals surface area contributed by atoms with Crippen LogP contribution in [0.25, 0.3) is 0 Å². The standard InChI is InChI=1S/C15H13F3O/c1-9-5-6-10(7-13(9)17)14(19)8-11-3-2-4-12(16)15(11)18/h2-7,14,19H,8H2,1H3. The van der Waals surface area contributed by atoms with Crippen LogP contribution >= 0.6 is 0 Å². The molecule has 100 valence electrons. The van der Waals surface area contributed by atoms with E-state index in [2.05, 4.69) is 0 Å². The summed E-state index contributed by atoms with van der Waals surface area (Å²) in [5, 5.41) is 9.95. The number of hydrogen-bond donors (Lipinski definition) is 1. The number of aliphatic hydroxyl groups is 1. The van der Waals surface area contributed by atoms with Crippen LogP contribution in [0.15, 0.2) is 36.4 Å². The van der Waals surface area contributed by atoms with Gasteiger partial charge in [0, 0.05) is 6.42 Å². The van der Waals surface area contributed by atoms with E-state index in [1.807, 2.05) is 0 Å². The van der Waals surface area contributed by atoms with Crippen molar-refractivity contribution in [2.24, 2.45) is 0 Å². The zero-order valence-electron chi connectivity index (χ0n) is 10.3. The molecule has 19 heavy (non-hydrogen) atoms. The molecule has 2 rings (SSSR count). The van der Waals surface area contributed by atoms with Crippen molar-refractivity contribution in [3.05, 3.63) is 70.5 Å². The molecular weight excluding hydrogens is 253 g/mol. The van der Waals surface area contributed by atoms with Crippen LogP contribution < -0.4 is 0 Å². The van der Waals surface area contributed by atoms with Gasteiger partial charge in [0.05, 0.1) is 6.10 Å². The number of aliphatic hydroxyl groups excluding tert-OH is 1. The molecule has 0 radical (unpaired) electrons. The summed E-state index contributed by atoms with van der Waals surface area (Å²) in [5.41, 5.74) is 0.869. The van der Waals surface area contributed by atoms with Crippen LogP contribution in [-0.4, -0.2) is 5.11 Å². The van der Waals surface area contributed by atoms with E-state index in [4.69, 9.17) is 0 Å². The lowest BCUT2D eigenvalue weighted by atomic mass is 10.00. The minimum atomic E-state index is -1.08. The fourth-order valence-corrected chi connectivity index (χ4v) is 1.85. The van der Waals surface area contributed by atoms with Gasteiger partial charge in [-0.05, 0) is 35.7 Å². The fraction of sp³-hybridized carbons (Fsp3) is 0.200. The zero-order chi connectivity index (χ0) is 14.0. The maximum atomic E-state index is 13.5. The quantitative estimate of drug-likeness (QED) is 0.898. The van der Waals surface area contributed by atoms with E-state index < -0.39 is 23.6 Å². The van der Waals surface area contributed by atoms with Crippen molar-refractivity contribution in [2.75, 3.05) is 0 Å². The first-order valence-electron chi connectivity index (χ1n) is 5.86. The van der Waals surface area contributed by atoms with Gasteiger partial charge >= 0.3 is 0 Å². The minimum Gasteiger partial charge on any atom is -0.388 e. The predicted octanol–water partition coefficient (Wildman–Crippen LogP) is 3.69. The second-order valence-electron chi connectivity index (χ2n) is 4.44. The van der Waals surface area contributed by atoms with Crippen molar-refractivity contribution < 1.29 is 18.3 Å². The third-order valence-electron chi connectivity index (χ3n) is 3.03. The summed E-state index contributed by atoms with van der Waals surface area (Å²) in [6.45, 7) is 1.61. The van der Waals surface area contributed by atoms with E-state index in [1.165, 1.54) is 24.3 Å². The van der Waals surface area contributed by atoms with Crippen molar-refractivity contribution >= 4 is 0 Å². The molecular formula is C15H13F3O. The molecule has 0 aliphatic carbocycles. The normalized spacial score (nSPS) is 12.5. The van der Waals surface area contributed by atoms with Gasteiger partial charge in [0.25, 0.3) is 0 Å². The van der Waals surface area contributed by atoms with Gasteiger partial charge in [-0.3, -0.25) is 0 Å². The number of halogens is 3. The third kappa shape index (κ3) is 2.96. The summed E-state index contributed by atoms with van der Waals surface area (Å²) in [6, 6.07) is 8.09. The summed E-state index contributed by atoms with van der Waals surface area (Å²) in [6.07, 6.45) is -1.18. The van der Waals surface area contributed by atoms with Gasteiger partial charge in [-0.15, -0.1) is 0 Å². The van der Waals surface area contributed by atoms with Crippen LogP contribution in [0.4, 0.5) is 13.2 Å². The molecule has 0 fully saturated rings. The first kappa shape index (κ1) is 13.6. The molecule has 1 unspecified atom stereocenters. The van der Waals surface area contributed by atoms with Gasteiger partial charge in [-0.1, -0.05) is 24.3 Å². The van der Waals surface area contributed by atoms with Crippen LogP contribution in [0.1, 0.15) is 22.8 Å². The maximum Gasteiger partial charge on any atom is 0.162 e. The Balaban J connectivity index is 2.23. The molecule has 0 bridgehead atoms. The largest absolute Gasteiger partial charge is 0.388 e. The van der Waals surface area contributed by atoms with Gasteiger partial charge in [-0.2, -0.15) is 0 Å². The van der Waals surface area contributed by atoms with E-state index in [0.717, 1.165) is 6.07 Å². The number of benzene rings is 2. The monoisotopic (exact) mass is 266 g/mol. The highest BCUT2D eigenvalue weighted by atomic mass is 19.2. The molecule has 4 heteroatoms. The van der Waals surface area contributed by atoms with E-state index in [9.17, 15) is 18.3 Å². The van der Waals surface area contributed by atoms with Crippen molar-refractivity contribution in [3.8, 4) is 0 Å². The molecule has 0 saturated carbocycles. The molecule has 0 aromatic heterocycles. The minimum absolute atomic E-state index is 0.0634. The van der Waals surface area contributed by atoms with Crippen LogP contribution in [0.5, 0.6) is 0 Å². The summed E-state index contributed by atoms with van der Waals surface area (Å²) in [4.78, 5) is 0. The molecule has 0 spiro atoms. The SMILES string of the molecule is Cc1ccc(C(O)Cc2cccc(F)c2F)cc1F. The first-order chi connectivity index (χ1) is 8.99. The summed E-state index contributed by atoms with van der Waals surface area (Å²) in [5.74, 6) is -2.37. The molecule has 0 aliphatic heterocycles. The molecule has 1 nitrogen and oxygen atoms in total. The molecule has 1 atom stereocenters. The Morgan fingerprint density at radius 3 is 2.47 bits per heavy atom. The van der Waals surface area contributed by atoms with E-state index in [1.54, 1.807) is 13.0 Å². The molecule has 1 N–H and O–H groups in total. The molecule has 2 aromatic carbocycles. The highest BCUT2D eigenvalue weighted by Gasteiger charge is 2.15. The first-order valence-corrected chi connectivity index (χ1v) is 5.86. The van der Waals surface area contributed by atoms with Gasteiger partial charge < -0.3 is 5.11 Å². The summed E-state index contributed by atoms with van der Waals surface area (Å²) in [7, 11) is 0. The van der Waals surface area contributed by atoms with Crippen LogP contribution in [-0.2, 0) is 6.42 Å². The second-order valence-corrected chi connectivity index (χ2v) is 4.44. The van der Waals surface area contributed by atoms with E-state index in [0.29, 0.717) is 11.1 Å². The second kappa shape index (κ2) is 5.45. The lowest BCUT2D eigenvalue weighted by molar-refractivity contribution is 0.176. The van der Waals surface area contributed by atoms with Crippen molar-refractivity contribution in [2.45, 2.75) is 19.4 Å². The van der Waals surface area contributed by atoms with Gasteiger partial charge in [-0.25, -0.2) is 13.2 Å². The number of aryl methyl sites for hydroxylation is 1. The van der Waals surface area contributed by atoms with E-state index >= 15 is 0 Å². The maximum absolute atomic E-state index is 13.5. The third-order valence-corrected chi connectivity index (χ3v) is 3.03. The lowest BCUT2D eigenvalue weighted by Gasteiger charge is -2.12. The topological polar surface area (TPSA) is 20.2 Å². The Hall–Kier alpha value is -1.81. The van der Waals surface area contributed by atoms with Gasteiger partial charge in [0.2, 0.25) is 0 Å². The molecule has 2 aromatic rings. The van der Waals surface area contributed by atoms with Gasteiger partial charge in [0.1, 0.15) is 5.82 Å². The van der Waals surface area contributed by atoms with Crippen molar-refractivity contribution in [1.29, 1.82) is 0 Å². The zero-order valence-corrected chi connectivity index (χ0v) is 10.3. The van der Waals surface area contributed by atoms with Crippen LogP contribution in [0, 0.1) is 24.4 Å². The van der Waals surface area contributed by atoms with Crippen molar-refractivity contribution in [3.63, 3.8) is 0 Å². The smallest absolute Gasteiger partial charge is 0.162 e.